The molecule has 0 atom stereocenters. The van der Waals surface area contributed by atoms with E-state index in [-0.39, 0.29) is 18.3 Å². The molecule has 0 spiro atoms. The van der Waals surface area contributed by atoms with Crippen molar-refractivity contribution >= 4 is 17.2 Å². The van der Waals surface area contributed by atoms with E-state index in [1.54, 1.807) is 18.2 Å². The topological polar surface area (TPSA) is 69.4 Å². The number of benzene rings is 1. The van der Waals surface area contributed by atoms with E-state index in [0.717, 1.165) is 6.07 Å². The Balaban J connectivity index is 1.91. The second-order valence-electron chi connectivity index (χ2n) is 4.35. The Morgan fingerprint density at radius 2 is 1.90 bits per heavy atom. The van der Waals surface area contributed by atoms with Crippen molar-refractivity contribution in [1.29, 1.82) is 0 Å². The van der Waals surface area contributed by atoms with E-state index >= 15 is 0 Å². The van der Waals surface area contributed by atoms with E-state index in [2.05, 4.69) is 10.3 Å². The van der Waals surface area contributed by atoms with Crippen LogP contribution in [0.1, 0.15) is 5.56 Å². The van der Waals surface area contributed by atoms with Crippen molar-refractivity contribution in [2.45, 2.75) is 6.18 Å². The largest absolute Gasteiger partial charge is 0.454 e. The van der Waals surface area contributed by atoms with Gasteiger partial charge in [-0.15, -0.1) is 0 Å². The van der Waals surface area contributed by atoms with Crippen LogP contribution in [0.5, 0.6) is 11.5 Å². The first-order valence-electron chi connectivity index (χ1n) is 5.93. The van der Waals surface area contributed by atoms with Gasteiger partial charge in [-0.05, 0) is 18.2 Å². The van der Waals surface area contributed by atoms with Gasteiger partial charge in [0.1, 0.15) is 5.82 Å². The van der Waals surface area contributed by atoms with Gasteiger partial charge in [-0.3, -0.25) is 0 Å². The van der Waals surface area contributed by atoms with Crippen molar-refractivity contribution < 1.29 is 22.6 Å². The van der Waals surface area contributed by atoms with E-state index in [0.29, 0.717) is 23.4 Å². The second kappa shape index (κ2) is 4.72. The smallest absolute Gasteiger partial charge is 0.417 e. The van der Waals surface area contributed by atoms with Crippen LogP contribution >= 0.6 is 0 Å². The van der Waals surface area contributed by atoms with E-state index < -0.39 is 11.7 Å². The summed E-state index contributed by atoms with van der Waals surface area (Å²) < 4.78 is 48.4. The van der Waals surface area contributed by atoms with Gasteiger partial charge in [-0.2, -0.15) is 13.2 Å². The third-order valence-corrected chi connectivity index (χ3v) is 2.90. The summed E-state index contributed by atoms with van der Waals surface area (Å²) in [5.41, 5.74) is 5.31. The lowest BCUT2D eigenvalue weighted by Crippen LogP contribution is -2.08. The van der Waals surface area contributed by atoms with Gasteiger partial charge in [-0.25, -0.2) is 4.98 Å². The third-order valence-electron chi connectivity index (χ3n) is 2.90. The van der Waals surface area contributed by atoms with Crippen LogP contribution in [0.2, 0.25) is 0 Å². The van der Waals surface area contributed by atoms with Gasteiger partial charge >= 0.3 is 6.18 Å². The molecule has 1 aromatic heterocycles. The van der Waals surface area contributed by atoms with Crippen molar-refractivity contribution in [2.24, 2.45) is 0 Å². The number of rotatable bonds is 2. The number of halogens is 3. The molecule has 0 fully saturated rings. The number of fused-ring (bicyclic) bond motifs is 1. The van der Waals surface area contributed by atoms with Crippen LogP contribution in [0, 0.1) is 0 Å². The summed E-state index contributed by atoms with van der Waals surface area (Å²) in [6, 6.07) is 5.82. The molecule has 1 aromatic carbocycles. The Morgan fingerprint density at radius 1 is 1.14 bits per heavy atom. The summed E-state index contributed by atoms with van der Waals surface area (Å²) in [6.07, 6.45) is -3.79. The van der Waals surface area contributed by atoms with Crippen LogP contribution < -0.4 is 20.5 Å². The molecule has 3 rings (SSSR count). The SMILES string of the molecule is Nc1ncc(C(F)(F)F)cc1Nc1ccc2c(c1)OCO2. The zero-order valence-corrected chi connectivity index (χ0v) is 10.6. The fourth-order valence-electron chi connectivity index (χ4n) is 1.86. The van der Waals surface area contributed by atoms with E-state index in [4.69, 9.17) is 15.2 Å². The number of alkyl halides is 3. The number of hydrogen-bond donors (Lipinski definition) is 2. The number of nitrogens with two attached hydrogens (primary N) is 1. The van der Waals surface area contributed by atoms with Gasteiger partial charge in [0.15, 0.2) is 11.5 Å². The molecule has 3 N–H and O–H groups in total. The third kappa shape index (κ3) is 2.64. The minimum absolute atomic E-state index is 0.0272. The Hall–Kier alpha value is -2.64. The van der Waals surface area contributed by atoms with E-state index in [9.17, 15) is 13.2 Å². The monoisotopic (exact) mass is 297 g/mol. The predicted molar refractivity (Wildman–Crippen MR) is 69.5 cm³/mol. The van der Waals surface area contributed by atoms with Crippen LogP contribution in [0.3, 0.4) is 0 Å². The molecule has 1 aliphatic rings. The standard InChI is InChI=1S/C13H10F3N3O2/c14-13(15,16)7-3-9(12(17)18-5-7)19-8-1-2-10-11(4-8)21-6-20-10/h1-5,19H,6H2,(H2,17,18). The number of nitrogens with one attached hydrogen (secondary N) is 1. The first-order valence-corrected chi connectivity index (χ1v) is 5.93. The number of nitrogen functional groups attached to an aromatic ring is 1. The summed E-state index contributed by atoms with van der Waals surface area (Å²) in [7, 11) is 0. The molecule has 2 aromatic rings. The van der Waals surface area contributed by atoms with E-state index in [1.807, 2.05) is 0 Å². The molecular weight excluding hydrogens is 287 g/mol. The van der Waals surface area contributed by atoms with Gasteiger partial charge < -0.3 is 20.5 Å². The molecule has 1 aliphatic heterocycles. The van der Waals surface area contributed by atoms with E-state index in [1.165, 1.54) is 0 Å². The van der Waals surface area contributed by atoms with Gasteiger partial charge in [0.2, 0.25) is 6.79 Å². The molecule has 0 saturated carbocycles. The lowest BCUT2D eigenvalue weighted by atomic mass is 10.2. The van der Waals surface area contributed by atoms with Crippen molar-refractivity contribution in [2.75, 3.05) is 17.8 Å². The van der Waals surface area contributed by atoms with Crippen molar-refractivity contribution in [3.05, 3.63) is 36.0 Å². The maximum atomic E-state index is 12.7. The highest BCUT2D eigenvalue weighted by atomic mass is 19.4. The zero-order valence-electron chi connectivity index (χ0n) is 10.6. The summed E-state index contributed by atoms with van der Waals surface area (Å²) in [6.45, 7) is 0.117. The molecule has 2 heterocycles. The predicted octanol–water partition coefficient (Wildman–Crippen LogP) is 3.15. The molecule has 21 heavy (non-hydrogen) atoms. The maximum absolute atomic E-state index is 12.7. The summed E-state index contributed by atoms with van der Waals surface area (Å²) >= 11 is 0. The fourth-order valence-corrected chi connectivity index (χ4v) is 1.86. The minimum Gasteiger partial charge on any atom is -0.454 e. The molecule has 0 unspecified atom stereocenters. The highest BCUT2D eigenvalue weighted by Gasteiger charge is 2.31. The maximum Gasteiger partial charge on any atom is 0.417 e. The van der Waals surface area contributed by atoms with Crippen LogP contribution in [0.15, 0.2) is 30.5 Å². The number of nitrogens with zero attached hydrogens (tertiary/aromatic N) is 1. The average Bonchev–Trinajstić information content (AvgIpc) is 2.87. The molecule has 0 radical (unpaired) electrons. The quantitative estimate of drug-likeness (QED) is 0.891. The number of pyridine rings is 1. The first-order chi connectivity index (χ1) is 9.93. The molecule has 5 nitrogen and oxygen atoms in total. The summed E-state index contributed by atoms with van der Waals surface area (Å²) in [5, 5.41) is 2.79. The van der Waals surface area contributed by atoms with Crippen molar-refractivity contribution in [1.82, 2.24) is 4.98 Å². The molecule has 0 saturated heterocycles. The highest BCUT2D eigenvalue weighted by molar-refractivity contribution is 5.71. The number of ether oxygens (including phenoxy) is 2. The average molecular weight is 297 g/mol. The summed E-state index contributed by atoms with van der Waals surface area (Å²) in [4.78, 5) is 3.55. The Morgan fingerprint density at radius 3 is 2.67 bits per heavy atom. The molecule has 110 valence electrons. The molecule has 0 amide bonds. The number of anilines is 3. The second-order valence-corrected chi connectivity index (χ2v) is 4.35. The minimum atomic E-state index is -4.48. The molecule has 0 aliphatic carbocycles. The molecule has 8 heteroatoms. The molecular formula is C13H10F3N3O2. The zero-order chi connectivity index (χ0) is 15.0. The first kappa shape index (κ1) is 13.3. The normalized spacial score (nSPS) is 13.3. The van der Waals surface area contributed by atoms with Crippen LogP contribution in [-0.4, -0.2) is 11.8 Å². The Bertz CT molecular complexity index is 689. The van der Waals surface area contributed by atoms with Gasteiger partial charge in [0, 0.05) is 18.0 Å². The van der Waals surface area contributed by atoms with Crippen molar-refractivity contribution in [3.63, 3.8) is 0 Å². The van der Waals surface area contributed by atoms with Gasteiger partial charge in [0.05, 0.1) is 11.3 Å². The summed E-state index contributed by atoms with van der Waals surface area (Å²) in [5.74, 6) is 1.06. The fraction of sp³-hybridized carbons (Fsp3) is 0.154. The highest BCUT2D eigenvalue weighted by Crippen LogP contribution is 2.37. The number of hydrogen-bond acceptors (Lipinski definition) is 5. The lowest BCUT2D eigenvalue weighted by Gasteiger charge is -2.12. The Kier molecular flexibility index (Phi) is 3.00. The van der Waals surface area contributed by atoms with Crippen molar-refractivity contribution in [3.8, 4) is 11.5 Å². The van der Waals surface area contributed by atoms with Crippen LogP contribution in [0.25, 0.3) is 0 Å². The van der Waals surface area contributed by atoms with Crippen LogP contribution in [0.4, 0.5) is 30.4 Å². The Labute approximate surface area is 117 Å². The number of aromatic nitrogens is 1. The lowest BCUT2D eigenvalue weighted by molar-refractivity contribution is -0.137. The van der Waals surface area contributed by atoms with Gasteiger partial charge in [-0.1, -0.05) is 0 Å². The van der Waals surface area contributed by atoms with Gasteiger partial charge in [0.25, 0.3) is 0 Å². The molecule has 0 bridgehead atoms. The van der Waals surface area contributed by atoms with Crippen LogP contribution in [-0.2, 0) is 6.18 Å².